The predicted octanol–water partition coefficient (Wildman–Crippen LogP) is -0.602. The van der Waals surface area contributed by atoms with Crippen LogP contribution in [0.2, 0.25) is 0 Å². The number of rotatable bonds is 1. The van der Waals surface area contributed by atoms with Gasteiger partial charge in [-0.05, 0) is 0 Å². The summed E-state index contributed by atoms with van der Waals surface area (Å²) in [7, 11) is 0. The predicted molar refractivity (Wildman–Crippen MR) is 80.5 cm³/mol. The number of imidazole rings is 2. The van der Waals surface area contributed by atoms with Crippen molar-refractivity contribution in [1.29, 1.82) is 0 Å². The number of nitrogens with one attached hydrogen (secondary N) is 2. The molecule has 0 fully saturated rings. The minimum atomic E-state index is -0.431. The third-order valence-corrected chi connectivity index (χ3v) is 3.35. The molecule has 4 rings (SSSR count). The second-order valence-electron chi connectivity index (χ2n) is 4.43. The van der Waals surface area contributed by atoms with Crippen molar-refractivity contribution in [2.45, 2.75) is 0 Å². The number of nitrogens with zero attached hydrogens (tertiary/aromatic N) is 6. The van der Waals surface area contributed by atoms with E-state index in [0.29, 0.717) is 11.2 Å². The van der Waals surface area contributed by atoms with Gasteiger partial charge in [0, 0.05) is 0 Å². The molecule has 4 heterocycles. The maximum Gasteiger partial charge on any atom is 0.280 e. The lowest BCUT2D eigenvalue weighted by atomic mass is 10.5. The Kier molecular flexibility index (Phi) is 2.33. The average Bonchev–Trinajstić information content (AvgIpc) is 3.02. The number of hydrogen-bond donors (Lipinski definition) is 4. The van der Waals surface area contributed by atoms with Crippen molar-refractivity contribution in [2.75, 3.05) is 11.5 Å². The molecule has 12 heteroatoms. The van der Waals surface area contributed by atoms with Gasteiger partial charge in [0.2, 0.25) is 11.9 Å². The summed E-state index contributed by atoms with van der Waals surface area (Å²) >= 11 is 5.12. The molecule has 6 N–H and O–H groups in total. The summed E-state index contributed by atoms with van der Waals surface area (Å²) in [5.41, 5.74) is 12.2. The molecule has 0 spiro atoms. The lowest BCUT2D eigenvalue weighted by Gasteiger charge is -2.06. The Morgan fingerprint density at radius 3 is 2.50 bits per heavy atom. The molecule has 4 aromatic rings. The molecular formula is C10H8N10OS. The molecule has 0 aromatic carbocycles. The fraction of sp³-hybridized carbons (Fsp3) is 0. The highest BCUT2D eigenvalue weighted by molar-refractivity contribution is 7.71. The van der Waals surface area contributed by atoms with Gasteiger partial charge in [0.1, 0.15) is 18.2 Å². The molecule has 4 aromatic heterocycles. The van der Waals surface area contributed by atoms with Crippen LogP contribution in [0.3, 0.4) is 0 Å². The van der Waals surface area contributed by atoms with Crippen LogP contribution in [0.1, 0.15) is 0 Å². The summed E-state index contributed by atoms with van der Waals surface area (Å²) < 4.78 is 3.32. The highest BCUT2D eigenvalue weighted by Crippen LogP contribution is 2.15. The normalized spacial score (nSPS) is 11.5. The van der Waals surface area contributed by atoms with Crippen LogP contribution in [-0.2, 0) is 0 Å². The molecule has 0 saturated heterocycles. The van der Waals surface area contributed by atoms with Crippen molar-refractivity contribution in [1.82, 2.24) is 39.3 Å². The zero-order chi connectivity index (χ0) is 15.4. The van der Waals surface area contributed by atoms with Crippen LogP contribution in [0.5, 0.6) is 0 Å². The van der Waals surface area contributed by atoms with E-state index in [-0.39, 0.29) is 27.7 Å². The topological polar surface area (TPSA) is 162 Å². The molecular weight excluding hydrogens is 308 g/mol. The van der Waals surface area contributed by atoms with Gasteiger partial charge < -0.3 is 16.5 Å². The third-order valence-electron chi connectivity index (χ3n) is 3.06. The smallest absolute Gasteiger partial charge is 0.280 e. The summed E-state index contributed by atoms with van der Waals surface area (Å²) in [6.45, 7) is 0. The van der Waals surface area contributed by atoms with Gasteiger partial charge in [0.05, 0.1) is 0 Å². The van der Waals surface area contributed by atoms with Crippen molar-refractivity contribution in [2.24, 2.45) is 0 Å². The molecule has 0 unspecified atom stereocenters. The van der Waals surface area contributed by atoms with Gasteiger partial charge in [-0.2, -0.15) is 4.98 Å². The van der Waals surface area contributed by atoms with Gasteiger partial charge in [0.25, 0.3) is 5.56 Å². The Morgan fingerprint density at radius 2 is 1.68 bits per heavy atom. The molecule has 0 saturated carbocycles. The first kappa shape index (κ1) is 12.5. The quantitative estimate of drug-likeness (QED) is 0.338. The van der Waals surface area contributed by atoms with Crippen LogP contribution in [0, 0.1) is 4.64 Å². The second kappa shape index (κ2) is 4.11. The molecule has 0 aliphatic rings. The molecule has 0 atom stereocenters. The van der Waals surface area contributed by atoms with E-state index < -0.39 is 5.56 Å². The molecule has 0 amide bonds. The van der Waals surface area contributed by atoms with E-state index >= 15 is 0 Å². The second-order valence-corrected chi connectivity index (χ2v) is 4.81. The van der Waals surface area contributed by atoms with Crippen molar-refractivity contribution < 1.29 is 0 Å². The Labute approximate surface area is 125 Å². The molecule has 0 aliphatic heterocycles. The standard InChI is InChI=1S/C10H8N10OS/c11-9-15-5-3(7(21)17-9)13-1-19(5)20-2-14-4-6(20)16-10(12)18-8(4)22/h1-2H,(H3,11,15,17,21)(H3,12,16,18,22). The van der Waals surface area contributed by atoms with Crippen LogP contribution in [0.4, 0.5) is 11.9 Å². The number of anilines is 2. The molecule has 11 nitrogen and oxygen atoms in total. The Morgan fingerprint density at radius 1 is 1.00 bits per heavy atom. The third kappa shape index (κ3) is 1.61. The van der Waals surface area contributed by atoms with E-state index in [9.17, 15) is 4.79 Å². The number of nitrogens with two attached hydrogens (primary N) is 2. The number of aromatic amines is 2. The van der Waals surface area contributed by atoms with Crippen LogP contribution in [0.15, 0.2) is 17.4 Å². The summed E-state index contributed by atoms with van der Waals surface area (Å²) in [5, 5.41) is 0. The van der Waals surface area contributed by atoms with Gasteiger partial charge in [-0.15, -0.1) is 0 Å². The largest absolute Gasteiger partial charge is 0.369 e. The highest BCUT2D eigenvalue weighted by atomic mass is 32.1. The van der Waals surface area contributed by atoms with E-state index in [1.54, 1.807) is 4.68 Å². The van der Waals surface area contributed by atoms with Crippen molar-refractivity contribution >= 4 is 46.4 Å². The van der Waals surface area contributed by atoms with Crippen LogP contribution >= 0.6 is 12.2 Å². The number of hydrogen-bond acceptors (Lipinski definition) is 8. The lowest BCUT2D eigenvalue weighted by Crippen LogP contribution is -2.14. The van der Waals surface area contributed by atoms with Gasteiger partial charge in [-0.3, -0.25) is 9.78 Å². The minimum Gasteiger partial charge on any atom is -0.369 e. The van der Waals surface area contributed by atoms with Crippen LogP contribution < -0.4 is 17.0 Å². The zero-order valence-corrected chi connectivity index (χ0v) is 11.6. The van der Waals surface area contributed by atoms with E-state index in [2.05, 4.69) is 29.9 Å². The van der Waals surface area contributed by atoms with Gasteiger partial charge in [-0.1, -0.05) is 12.2 Å². The van der Waals surface area contributed by atoms with Crippen molar-refractivity contribution in [3.05, 3.63) is 27.6 Å². The average molecular weight is 316 g/mol. The number of aromatic nitrogens is 8. The first-order valence-corrected chi connectivity index (χ1v) is 6.42. The first-order valence-electron chi connectivity index (χ1n) is 6.01. The lowest BCUT2D eigenvalue weighted by molar-refractivity contribution is 0.688. The number of H-pyrrole nitrogens is 2. The van der Waals surface area contributed by atoms with Crippen LogP contribution in [-0.4, -0.2) is 39.3 Å². The van der Waals surface area contributed by atoms with E-state index in [0.717, 1.165) is 0 Å². The van der Waals surface area contributed by atoms with E-state index in [4.69, 9.17) is 23.7 Å². The molecule has 0 radical (unpaired) electrons. The van der Waals surface area contributed by atoms with Crippen LogP contribution in [0.25, 0.3) is 22.3 Å². The summed E-state index contributed by atoms with van der Waals surface area (Å²) in [4.78, 5) is 33.3. The van der Waals surface area contributed by atoms with E-state index in [1.807, 2.05) is 0 Å². The van der Waals surface area contributed by atoms with E-state index in [1.165, 1.54) is 17.3 Å². The van der Waals surface area contributed by atoms with Gasteiger partial charge in [0.15, 0.2) is 21.5 Å². The summed E-state index contributed by atoms with van der Waals surface area (Å²) in [6, 6.07) is 0. The zero-order valence-electron chi connectivity index (χ0n) is 10.8. The first-order chi connectivity index (χ1) is 10.5. The maximum atomic E-state index is 11.8. The molecule has 0 bridgehead atoms. The molecule has 0 aliphatic carbocycles. The molecule has 22 heavy (non-hydrogen) atoms. The number of fused-ring (bicyclic) bond motifs is 2. The Bertz CT molecular complexity index is 1060. The summed E-state index contributed by atoms with van der Waals surface area (Å²) in [6.07, 6.45) is 2.90. The number of nitrogen functional groups attached to an aromatic ring is 2. The van der Waals surface area contributed by atoms with Gasteiger partial charge in [-0.25, -0.2) is 24.3 Å². The fourth-order valence-electron chi connectivity index (χ4n) is 2.16. The summed E-state index contributed by atoms with van der Waals surface area (Å²) in [5.74, 6) is 0.131. The van der Waals surface area contributed by atoms with Gasteiger partial charge >= 0.3 is 0 Å². The Balaban J connectivity index is 2.12. The molecule has 110 valence electrons. The fourth-order valence-corrected chi connectivity index (χ4v) is 2.41. The highest BCUT2D eigenvalue weighted by Gasteiger charge is 2.14. The Hall–Kier alpha value is -3.28. The van der Waals surface area contributed by atoms with Crippen molar-refractivity contribution in [3.8, 4) is 0 Å². The maximum absolute atomic E-state index is 11.8. The monoisotopic (exact) mass is 316 g/mol. The SMILES string of the molecule is Nc1nc2c(ncn2-n2cnc3c(=S)nc(N)[nH]c32)c(=O)[nH]1. The minimum absolute atomic E-state index is 0.0159. The van der Waals surface area contributed by atoms with Crippen molar-refractivity contribution in [3.63, 3.8) is 0 Å².